The number of hydrogen-bond donors (Lipinski definition) is 1. The van der Waals surface area contributed by atoms with Gasteiger partial charge >= 0.3 is 0 Å². The van der Waals surface area contributed by atoms with Crippen LogP contribution < -0.4 is 5.32 Å². The van der Waals surface area contributed by atoms with Gasteiger partial charge in [-0.05, 0) is 42.8 Å². The number of nitrogens with one attached hydrogen (secondary N) is 1. The monoisotopic (exact) mass is 375 g/mol. The van der Waals surface area contributed by atoms with Crippen LogP contribution >= 0.6 is 39.1 Å². The molecule has 0 saturated carbocycles. The molecule has 0 unspecified atom stereocenters. The van der Waals surface area contributed by atoms with Gasteiger partial charge in [-0.3, -0.25) is 4.79 Å². The molecule has 0 aliphatic carbocycles. The van der Waals surface area contributed by atoms with Crippen molar-refractivity contribution in [2.45, 2.75) is 6.92 Å². The van der Waals surface area contributed by atoms with Crippen molar-refractivity contribution in [2.24, 2.45) is 0 Å². The maximum atomic E-state index is 13.2. The van der Waals surface area contributed by atoms with Crippen LogP contribution in [-0.2, 0) is 0 Å². The standard InChI is InChI=1S/C14H9BrCl2FNO/c1-7-4-8(2-3-12(7)18)14(20)19-13-10(16)5-9(15)6-11(13)17/h2-6H,1H3,(H,19,20). The van der Waals surface area contributed by atoms with Crippen molar-refractivity contribution in [2.75, 3.05) is 5.32 Å². The van der Waals surface area contributed by atoms with E-state index in [-0.39, 0.29) is 5.82 Å². The van der Waals surface area contributed by atoms with Crippen molar-refractivity contribution in [1.82, 2.24) is 0 Å². The second-order valence-corrected chi connectivity index (χ2v) is 5.89. The molecule has 1 N–H and O–H groups in total. The van der Waals surface area contributed by atoms with Crippen LogP contribution in [0.4, 0.5) is 10.1 Å². The Morgan fingerprint density at radius 3 is 2.35 bits per heavy atom. The number of benzene rings is 2. The average Bonchev–Trinajstić information content (AvgIpc) is 2.36. The highest BCUT2D eigenvalue weighted by atomic mass is 79.9. The summed E-state index contributed by atoms with van der Waals surface area (Å²) in [5, 5.41) is 3.26. The van der Waals surface area contributed by atoms with Gasteiger partial charge in [0.15, 0.2) is 0 Å². The van der Waals surface area contributed by atoms with E-state index >= 15 is 0 Å². The largest absolute Gasteiger partial charge is 0.319 e. The van der Waals surface area contributed by atoms with Gasteiger partial charge in [0.1, 0.15) is 5.82 Å². The lowest BCUT2D eigenvalue weighted by atomic mass is 10.1. The molecule has 0 aromatic heterocycles. The van der Waals surface area contributed by atoms with Crippen LogP contribution in [0.3, 0.4) is 0 Å². The first-order chi connectivity index (χ1) is 9.38. The molecule has 1 amide bonds. The highest BCUT2D eigenvalue weighted by Crippen LogP contribution is 2.34. The quantitative estimate of drug-likeness (QED) is 0.741. The van der Waals surface area contributed by atoms with Gasteiger partial charge in [0, 0.05) is 10.0 Å². The first-order valence-electron chi connectivity index (χ1n) is 5.60. The smallest absolute Gasteiger partial charge is 0.255 e. The Morgan fingerprint density at radius 1 is 1.20 bits per heavy atom. The van der Waals surface area contributed by atoms with E-state index in [1.54, 1.807) is 19.1 Å². The summed E-state index contributed by atoms with van der Waals surface area (Å²) in [6.07, 6.45) is 0. The summed E-state index contributed by atoms with van der Waals surface area (Å²) in [7, 11) is 0. The molecule has 6 heteroatoms. The summed E-state index contributed by atoms with van der Waals surface area (Å²) in [5.41, 5.74) is 1.05. The average molecular weight is 377 g/mol. The predicted molar refractivity (Wildman–Crippen MR) is 83.3 cm³/mol. The summed E-state index contributed by atoms with van der Waals surface area (Å²) >= 11 is 15.3. The first-order valence-corrected chi connectivity index (χ1v) is 7.15. The minimum absolute atomic E-state index is 0.316. The van der Waals surface area contributed by atoms with Crippen LogP contribution in [0.5, 0.6) is 0 Å². The van der Waals surface area contributed by atoms with E-state index in [2.05, 4.69) is 21.2 Å². The zero-order valence-corrected chi connectivity index (χ0v) is 13.4. The minimum Gasteiger partial charge on any atom is -0.319 e. The summed E-state index contributed by atoms with van der Waals surface area (Å²) < 4.78 is 13.9. The van der Waals surface area contributed by atoms with Crippen LogP contribution in [0.1, 0.15) is 15.9 Å². The van der Waals surface area contributed by atoms with E-state index < -0.39 is 5.91 Å². The molecule has 2 rings (SSSR count). The zero-order chi connectivity index (χ0) is 14.9. The van der Waals surface area contributed by atoms with E-state index in [1.165, 1.54) is 18.2 Å². The summed E-state index contributed by atoms with van der Waals surface area (Å²) in [4.78, 5) is 12.1. The molecule has 20 heavy (non-hydrogen) atoms. The zero-order valence-electron chi connectivity index (χ0n) is 10.3. The second kappa shape index (κ2) is 6.12. The number of carbonyl (C=O) groups is 1. The Hall–Kier alpha value is -1.10. The maximum absolute atomic E-state index is 13.2. The van der Waals surface area contributed by atoms with Crippen molar-refractivity contribution >= 4 is 50.7 Å². The number of aryl methyl sites for hydroxylation is 1. The predicted octanol–water partition coefficient (Wildman–Crippen LogP) is 5.46. The molecule has 0 aliphatic rings. The second-order valence-electron chi connectivity index (χ2n) is 4.16. The number of rotatable bonds is 2. The summed E-state index contributed by atoms with van der Waals surface area (Å²) in [5.74, 6) is -0.763. The molecule has 0 aliphatic heterocycles. The lowest BCUT2D eigenvalue weighted by Crippen LogP contribution is -2.13. The molecule has 0 saturated heterocycles. The number of carbonyl (C=O) groups excluding carboxylic acids is 1. The number of hydrogen-bond acceptors (Lipinski definition) is 1. The Bertz CT molecular complexity index is 668. The molecular weight excluding hydrogens is 368 g/mol. The molecule has 0 heterocycles. The molecular formula is C14H9BrCl2FNO. The third-order valence-electron chi connectivity index (χ3n) is 2.67. The van der Waals surface area contributed by atoms with E-state index in [0.717, 1.165) is 0 Å². The highest BCUT2D eigenvalue weighted by Gasteiger charge is 2.13. The van der Waals surface area contributed by atoms with Crippen molar-refractivity contribution in [3.8, 4) is 0 Å². The van der Waals surface area contributed by atoms with Crippen LogP contribution in [0, 0.1) is 12.7 Å². The van der Waals surface area contributed by atoms with E-state index in [9.17, 15) is 9.18 Å². The lowest BCUT2D eigenvalue weighted by molar-refractivity contribution is 0.102. The Labute approximate surface area is 134 Å². The van der Waals surface area contributed by atoms with Crippen LogP contribution in [0.25, 0.3) is 0 Å². The Balaban J connectivity index is 2.30. The van der Waals surface area contributed by atoms with Gasteiger partial charge in [0.25, 0.3) is 5.91 Å². The van der Waals surface area contributed by atoms with Gasteiger partial charge in [-0.2, -0.15) is 0 Å². The minimum atomic E-state index is -0.403. The van der Waals surface area contributed by atoms with Crippen LogP contribution in [0.15, 0.2) is 34.8 Å². The highest BCUT2D eigenvalue weighted by molar-refractivity contribution is 9.10. The maximum Gasteiger partial charge on any atom is 0.255 e. The molecule has 0 atom stereocenters. The van der Waals surface area contributed by atoms with Crippen LogP contribution in [0.2, 0.25) is 10.0 Å². The third kappa shape index (κ3) is 3.32. The van der Waals surface area contributed by atoms with Gasteiger partial charge in [0.05, 0.1) is 15.7 Å². The Kier molecular flexibility index (Phi) is 4.68. The summed E-state index contributed by atoms with van der Waals surface area (Å²) in [6.45, 7) is 1.59. The van der Waals surface area contributed by atoms with Crippen molar-refractivity contribution in [1.29, 1.82) is 0 Å². The molecule has 2 nitrogen and oxygen atoms in total. The van der Waals surface area contributed by atoms with E-state index in [0.29, 0.717) is 31.3 Å². The molecule has 0 fully saturated rings. The fraction of sp³-hybridized carbons (Fsp3) is 0.0714. The van der Waals surface area contributed by atoms with E-state index in [4.69, 9.17) is 23.2 Å². The van der Waals surface area contributed by atoms with Gasteiger partial charge in [0.2, 0.25) is 0 Å². The van der Waals surface area contributed by atoms with Crippen molar-refractivity contribution < 1.29 is 9.18 Å². The number of halogens is 4. The molecule has 2 aromatic rings. The van der Waals surface area contributed by atoms with Crippen molar-refractivity contribution in [3.05, 3.63) is 61.8 Å². The molecule has 0 bridgehead atoms. The van der Waals surface area contributed by atoms with Gasteiger partial charge < -0.3 is 5.32 Å². The lowest BCUT2D eigenvalue weighted by Gasteiger charge is -2.10. The van der Waals surface area contributed by atoms with Gasteiger partial charge in [-0.25, -0.2) is 4.39 Å². The van der Waals surface area contributed by atoms with Gasteiger partial charge in [-0.1, -0.05) is 39.1 Å². The number of amides is 1. The molecule has 0 radical (unpaired) electrons. The van der Waals surface area contributed by atoms with E-state index in [1.807, 2.05) is 0 Å². The molecule has 0 spiro atoms. The van der Waals surface area contributed by atoms with Crippen LogP contribution in [-0.4, -0.2) is 5.91 Å². The molecule has 2 aromatic carbocycles. The molecule has 104 valence electrons. The fourth-order valence-corrected chi connectivity index (χ4v) is 2.94. The Morgan fingerprint density at radius 2 is 1.80 bits per heavy atom. The topological polar surface area (TPSA) is 29.1 Å². The normalized spacial score (nSPS) is 10.4. The number of anilines is 1. The summed E-state index contributed by atoms with van der Waals surface area (Å²) in [6, 6.07) is 7.36. The SMILES string of the molecule is Cc1cc(C(=O)Nc2c(Cl)cc(Br)cc2Cl)ccc1F. The third-order valence-corrected chi connectivity index (χ3v) is 3.72. The first kappa shape index (κ1) is 15.3. The van der Waals surface area contributed by atoms with Crippen molar-refractivity contribution in [3.63, 3.8) is 0 Å². The fourth-order valence-electron chi connectivity index (χ4n) is 1.63. The van der Waals surface area contributed by atoms with Gasteiger partial charge in [-0.15, -0.1) is 0 Å².